The zero-order valence-corrected chi connectivity index (χ0v) is 15.2. The Balaban J connectivity index is 2.06. The molecule has 1 aliphatic heterocycles. The second-order valence-electron chi connectivity index (χ2n) is 7.24. The number of esters is 2. The van der Waals surface area contributed by atoms with Crippen LogP contribution in [0.15, 0.2) is 22.3 Å². The highest BCUT2D eigenvalue weighted by Gasteiger charge is 2.55. The second kappa shape index (κ2) is 6.02. The van der Waals surface area contributed by atoms with Crippen molar-refractivity contribution in [3.63, 3.8) is 0 Å². The molecule has 1 saturated heterocycles. The van der Waals surface area contributed by atoms with Crippen molar-refractivity contribution in [2.24, 2.45) is 11.8 Å². The number of carbonyl (C=O) groups is 2. The molecule has 0 radical (unpaired) electrons. The minimum absolute atomic E-state index is 0.170. The molecule has 0 unspecified atom stereocenters. The highest BCUT2D eigenvalue weighted by atomic mass is 16.6. The van der Waals surface area contributed by atoms with Crippen LogP contribution < -0.4 is 0 Å². The van der Waals surface area contributed by atoms with Crippen LogP contribution in [-0.2, 0) is 24.7 Å². The van der Waals surface area contributed by atoms with Crippen LogP contribution >= 0.6 is 0 Å². The van der Waals surface area contributed by atoms with Gasteiger partial charge < -0.3 is 19.0 Å². The Morgan fingerprint density at radius 2 is 2.16 bits per heavy atom. The normalized spacial score (nSPS) is 34.8. The average Bonchev–Trinajstić information content (AvgIpc) is 3.03. The summed E-state index contributed by atoms with van der Waals surface area (Å²) in [4.78, 5) is 24.5. The highest BCUT2D eigenvalue weighted by Crippen LogP contribution is 2.51. The molecule has 3 rings (SSSR count). The smallest absolute Gasteiger partial charge is 0.333 e. The fourth-order valence-electron chi connectivity index (χ4n) is 3.84. The van der Waals surface area contributed by atoms with Crippen molar-refractivity contribution in [2.75, 3.05) is 0 Å². The SMILES string of the molecule is CC=C(C)C(=O)O[C@H]1C[C@](C)(O)c2coc(C)c2[C@H]2OC(=O)[C@@H](C)[C@H]12. The Morgan fingerprint density at radius 3 is 2.80 bits per heavy atom. The summed E-state index contributed by atoms with van der Waals surface area (Å²) in [6, 6.07) is 0. The largest absolute Gasteiger partial charge is 0.469 e. The molecule has 0 aromatic carbocycles. The zero-order chi connectivity index (χ0) is 18.5. The van der Waals surface area contributed by atoms with Gasteiger partial charge in [0.15, 0.2) is 0 Å². The molecule has 1 aliphatic carbocycles. The number of aliphatic hydroxyl groups is 1. The van der Waals surface area contributed by atoms with Crippen molar-refractivity contribution in [3.05, 3.63) is 34.8 Å². The first kappa shape index (κ1) is 17.7. The Bertz CT molecular complexity index is 741. The molecular formula is C19H24O6. The van der Waals surface area contributed by atoms with E-state index in [0.29, 0.717) is 22.5 Å². The molecule has 1 N–H and O–H groups in total. The van der Waals surface area contributed by atoms with E-state index in [1.807, 2.05) is 0 Å². The van der Waals surface area contributed by atoms with Crippen molar-refractivity contribution in [1.29, 1.82) is 0 Å². The zero-order valence-electron chi connectivity index (χ0n) is 15.2. The van der Waals surface area contributed by atoms with Crippen LogP contribution in [0.1, 0.15) is 57.1 Å². The third-order valence-corrected chi connectivity index (χ3v) is 5.47. The predicted molar refractivity (Wildman–Crippen MR) is 88.4 cm³/mol. The summed E-state index contributed by atoms with van der Waals surface area (Å²) in [6.07, 6.45) is 2.11. The summed E-state index contributed by atoms with van der Waals surface area (Å²) in [5.74, 6) is -0.984. The first-order valence-electron chi connectivity index (χ1n) is 8.52. The van der Waals surface area contributed by atoms with Gasteiger partial charge in [-0.15, -0.1) is 0 Å². The van der Waals surface area contributed by atoms with Gasteiger partial charge in [-0.05, 0) is 27.7 Å². The number of hydrogen-bond donors (Lipinski definition) is 1. The minimum Gasteiger partial charge on any atom is -0.469 e. The number of rotatable bonds is 2. The van der Waals surface area contributed by atoms with E-state index in [0.717, 1.165) is 0 Å². The molecule has 6 nitrogen and oxygen atoms in total. The number of hydrogen-bond acceptors (Lipinski definition) is 6. The summed E-state index contributed by atoms with van der Waals surface area (Å²) < 4.78 is 16.8. The van der Waals surface area contributed by atoms with E-state index in [4.69, 9.17) is 13.9 Å². The van der Waals surface area contributed by atoms with Crippen molar-refractivity contribution in [3.8, 4) is 0 Å². The molecule has 6 heteroatoms. The van der Waals surface area contributed by atoms with Crippen molar-refractivity contribution in [1.82, 2.24) is 0 Å². The minimum atomic E-state index is -1.25. The lowest BCUT2D eigenvalue weighted by atomic mass is 9.83. The van der Waals surface area contributed by atoms with Gasteiger partial charge in [0.05, 0.1) is 23.7 Å². The number of aryl methyl sites for hydroxylation is 1. The van der Waals surface area contributed by atoms with E-state index in [2.05, 4.69) is 0 Å². The van der Waals surface area contributed by atoms with Gasteiger partial charge >= 0.3 is 11.9 Å². The molecule has 2 aliphatic rings. The van der Waals surface area contributed by atoms with Gasteiger partial charge in [-0.25, -0.2) is 4.79 Å². The average molecular weight is 348 g/mol. The lowest BCUT2D eigenvalue weighted by Crippen LogP contribution is -2.36. The number of carbonyl (C=O) groups excluding carboxylic acids is 2. The predicted octanol–water partition coefficient (Wildman–Crippen LogP) is 2.93. The molecule has 0 bridgehead atoms. The van der Waals surface area contributed by atoms with E-state index < -0.39 is 29.7 Å². The van der Waals surface area contributed by atoms with Gasteiger partial charge in [-0.1, -0.05) is 13.0 Å². The Morgan fingerprint density at radius 1 is 1.48 bits per heavy atom. The maximum Gasteiger partial charge on any atom is 0.333 e. The van der Waals surface area contributed by atoms with Gasteiger partial charge in [0.25, 0.3) is 0 Å². The van der Waals surface area contributed by atoms with Crippen LogP contribution in [0.3, 0.4) is 0 Å². The molecule has 0 amide bonds. The van der Waals surface area contributed by atoms with Gasteiger partial charge in [0, 0.05) is 23.1 Å². The van der Waals surface area contributed by atoms with Crippen LogP contribution in [-0.4, -0.2) is 23.1 Å². The Hall–Kier alpha value is -2.08. The molecule has 25 heavy (non-hydrogen) atoms. The summed E-state index contributed by atoms with van der Waals surface area (Å²) in [5.41, 5.74) is 0.506. The number of furan rings is 1. The van der Waals surface area contributed by atoms with Gasteiger partial charge in [0.1, 0.15) is 18.0 Å². The Labute approximate surface area is 146 Å². The quantitative estimate of drug-likeness (QED) is 0.653. The molecule has 136 valence electrons. The third kappa shape index (κ3) is 2.78. The highest BCUT2D eigenvalue weighted by molar-refractivity contribution is 5.87. The van der Waals surface area contributed by atoms with E-state index in [1.54, 1.807) is 40.7 Å². The van der Waals surface area contributed by atoms with Crippen LogP contribution in [0.5, 0.6) is 0 Å². The van der Waals surface area contributed by atoms with Crippen LogP contribution in [0, 0.1) is 18.8 Å². The van der Waals surface area contributed by atoms with Gasteiger partial charge in [-0.2, -0.15) is 0 Å². The fraction of sp³-hybridized carbons (Fsp3) is 0.579. The summed E-state index contributed by atoms with van der Waals surface area (Å²) in [6.45, 7) is 8.64. The number of allylic oxidation sites excluding steroid dienone is 1. The van der Waals surface area contributed by atoms with Crippen molar-refractivity contribution < 1.29 is 28.6 Å². The molecular weight excluding hydrogens is 324 g/mol. The third-order valence-electron chi connectivity index (χ3n) is 5.47. The summed E-state index contributed by atoms with van der Waals surface area (Å²) in [7, 11) is 0. The van der Waals surface area contributed by atoms with Crippen LogP contribution in [0.25, 0.3) is 0 Å². The molecule has 1 aromatic rings. The van der Waals surface area contributed by atoms with Crippen molar-refractivity contribution in [2.45, 2.75) is 58.8 Å². The molecule has 1 fully saturated rings. The van der Waals surface area contributed by atoms with Gasteiger partial charge in [-0.3, -0.25) is 4.79 Å². The van der Waals surface area contributed by atoms with Gasteiger partial charge in [0.2, 0.25) is 0 Å². The first-order valence-corrected chi connectivity index (χ1v) is 8.52. The monoisotopic (exact) mass is 348 g/mol. The first-order chi connectivity index (χ1) is 11.7. The standard InChI is InChI=1S/C19H24O6/c1-6-9(2)17(20)24-13-7-19(5,22)12-8-23-11(4)15(12)16-14(13)10(3)18(21)25-16/h6,8,10,13-14,16,22H,7H2,1-5H3/t10-,13-,14+,16-,19-/m0/s1. The molecule has 0 saturated carbocycles. The topological polar surface area (TPSA) is 86.0 Å². The maximum atomic E-state index is 12.3. The molecule has 5 atom stereocenters. The van der Waals surface area contributed by atoms with E-state index in [1.165, 1.54) is 6.26 Å². The molecule has 0 spiro atoms. The lowest BCUT2D eigenvalue weighted by Gasteiger charge is -2.29. The van der Waals surface area contributed by atoms with E-state index in [-0.39, 0.29) is 18.3 Å². The van der Waals surface area contributed by atoms with Crippen LogP contribution in [0.4, 0.5) is 0 Å². The van der Waals surface area contributed by atoms with Crippen LogP contribution in [0.2, 0.25) is 0 Å². The van der Waals surface area contributed by atoms with E-state index >= 15 is 0 Å². The summed E-state index contributed by atoms with van der Waals surface area (Å²) in [5, 5.41) is 11.0. The maximum absolute atomic E-state index is 12.3. The number of ether oxygens (including phenoxy) is 2. The van der Waals surface area contributed by atoms with Crippen molar-refractivity contribution >= 4 is 11.9 Å². The van der Waals surface area contributed by atoms with E-state index in [9.17, 15) is 14.7 Å². The Kier molecular flexibility index (Phi) is 4.27. The summed E-state index contributed by atoms with van der Waals surface area (Å²) >= 11 is 0. The fourth-order valence-corrected chi connectivity index (χ4v) is 3.84. The lowest BCUT2D eigenvalue weighted by molar-refractivity contribution is -0.152. The number of fused-ring (bicyclic) bond motifs is 3. The molecule has 2 heterocycles. The second-order valence-corrected chi connectivity index (χ2v) is 7.24. The molecule has 1 aromatic heterocycles.